The van der Waals surface area contributed by atoms with Gasteiger partial charge in [0.05, 0.1) is 6.61 Å². The molecule has 0 radical (unpaired) electrons. The van der Waals surface area contributed by atoms with Crippen LogP contribution in [-0.4, -0.2) is 17.5 Å². The highest BCUT2D eigenvalue weighted by Crippen LogP contribution is 2.23. The van der Waals surface area contributed by atoms with Crippen molar-refractivity contribution in [2.45, 2.75) is 20.4 Å². The van der Waals surface area contributed by atoms with Gasteiger partial charge in [-0.25, -0.2) is 4.98 Å². The Bertz CT molecular complexity index is 610. The molecule has 0 unspecified atom stereocenters. The average Bonchev–Trinajstić information content (AvgIpc) is 2.84. The first-order valence-corrected chi connectivity index (χ1v) is 6.59. The standard InChI is InChI=1S/C14H15ClN2O3/c1-3-19-12-6-11(15)5-4-10(12)7-16-14(18)13-9(2)20-8-17-13/h4-6,8H,3,7H2,1-2H3,(H,16,18). The number of aromatic nitrogens is 1. The zero-order valence-corrected chi connectivity index (χ0v) is 12.0. The fraction of sp³-hybridized carbons (Fsp3) is 0.286. The van der Waals surface area contributed by atoms with Crippen LogP contribution >= 0.6 is 11.6 Å². The molecular formula is C14H15ClN2O3. The molecule has 1 N–H and O–H groups in total. The van der Waals surface area contributed by atoms with Gasteiger partial charge in [-0.2, -0.15) is 0 Å². The summed E-state index contributed by atoms with van der Waals surface area (Å²) in [4.78, 5) is 15.8. The predicted octanol–water partition coefficient (Wildman–Crippen LogP) is 2.97. The van der Waals surface area contributed by atoms with Gasteiger partial charge in [0, 0.05) is 17.1 Å². The van der Waals surface area contributed by atoms with E-state index < -0.39 is 0 Å². The SMILES string of the molecule is CCOc1cc(Cl)ccc1CNC(=O)c1ncoc1C. The van der Waals surface area contributed by atoms with Crippen molar-refractivity contribution in [1.29, 1.82) is 0 Å². The fourth-order valence-corrected chi connectivity index (χ4v) is 1.91. The molecule has 6 heteroatoms. The number of nitrogens with one attached hydrogen (secondary N) is 1. The number of aryl methyl sites for hydroxylation is 1. The van der Waals surface area contributed by atoms with Gasteiger partial charge in [0.2, 0.25) is 0 Å². The van der Waals surface area contributed by atoms with Gasteiger partial charge in [-0.3, -0.25) is 4.79 Å². The van der Waals surface area contributed by atoms with E-state index in [2.05, 4.69) is 10.3 Å². The minimum absolute atomic E-state index is 0.284. The first-order chi connectivity index (χ1) is 9.61. The van der Waals surface area contributed by atoms with Crippen molar-refractivity contribution < 1.29 is 13.9 Å². The van der Waals surface area contributed by atoms with E-state index in [1.54, 1.807) is 19.1 Å². The Hall–Kier alpha value is -2.01. The molecule has 2 aromatic rings. The summed E-state index contributed by atoms with van der Waals surface area (Å²) >= 11 is 5.93. The van der Waals surface area contributed by atoms with Crippen molar-refractivity contribution in [3.63, 3.8) is 0 Å². The van der Waals surface area contributed by atoms with E-state index in [-0.39, 0.29) is 11.6 Å². The van der Waals surface area contributed by atoms with E-state index in [9.17, 15) is 4.79 Å². The summed E-state index contributed by atoms with van der Waals surface area (Å²) in [6, 6.07) is 5.31. The van der Waals surface area contributed by atoms with Crippen LogP contribution < -0.4 is 10.1 Å². The summed E-state index contributed by atoms with van der Waals surface area (Å²) in [6.45, 7) is 4.44. The average molecular weight is 295 g/mol. The molecule has 1 aromatic heterocycles. The largest absolute Gasteiger partial charge is 0.493 e. The van der Waals surface area contributed by atoms with Crippen molar-refractivity contribution in [1.82, 2.24) is 10.3 Å². The zero-order valence-electron chi connectivity index (χ0n) is 11.3. The van der Waals surface area contributed by atoms with E-state index in [0.717, 1.165) is 5.56 Å². The number of carbonyl (C=O) groups excluding carboxylic acids is 1. The third kappa shape index (κ3) is 3.30. The van der Waals surface area contributed by atoms with Crippen molar-refractivity contribution in [2.24, 2.45) is 0 Å². The highest BCUT2D eigenvalue weighted by atomic mass is 35.5. The van der Waals surface area contributed by atoms with Gasteiger partial charge in [0.15, 0.2) is 12.1 Å². The van der Waals surface area contributed by atoms with Gasteiger partial charge < -0.3 is 14.5 Å². The summed E-state index contributed by atoms with van der Waals surface area (Å²) in [7, 11) is 0. The first kappa shape index (κ1) is 14.4. The molecule has 0 bridgehead atoms. The molecule has 0 saturated heterocycles. The number of hydrogen-bond donors (Lipinski definition) is 1. The molecule has 2 rings (SSSR count). The number of carbonyl (C=O) groups is 1. The van der Waals surface area contributed by atoms with Gasteiger partial charge in [-0.05, 0) is 26.0 Å². The number of nitrogens with zero attached hydrogens (tertiary/aromatic N) is 1. The highest BCUT2D eigenvalue weighted by molar-refractivity contribution is 6.30. The van der Waals surface area contributed by atoms with E-state index in [1.807, 2.05) is 13.0 Å². The van der Waals surface area contributed by atoms with E-state index in [1.165, 1.54) is 6.39 Å². The second-order valence-corrected chi connectivity index (χ2v) is 4.56. The van der Waals surface area contributed by atoms with Gasteiger partial charge in [-0.1, -0.05) is 17.7 Å². The molecule has 0 saturated carbocycles. The Labute approximate surface area is 121 Å². The Balaban J connectivity index is 2.07. The second-order valence-electron chi connectivity index (χ2n) is 4.12. The monoisotopic (exact) mass is 294 g/mol. The molecule has 1 heterocycles. The van der Waals surface area contributed by atoms with Gasteiger partial charge >= 0.3 is 0 Å². The van der Waals surface area contributed by atoms with Gasteiger partial charge in [0.25, 0.3) is 5.91 Å². The highest BCUT2D eigenvalue weighted by Gasteiger charge is 2.14. The lowest BCUT2D eigenvalue weighted by Gasteiger charge is -2.11. The zero-order chi connectivity index (χ0) is 14.5. The number of benzene rings is 1. The number of hydrogen-bond acceptors (Lipinski definition) is 4. The molecule has 0 spiro atoms. The summed E-state index contributed by atoms with van der Waals surface area (Å²) in [5.74, 6) is 0.870. The van der Waals surface area contributed by atoms with Gasteiger partial charge in [-0.15, -0.1) is 0 Å². The molecule has 20 heavy (non-hydrogen) atoms. The van der Waals surface area contributed by atoms with Gasteiger partial charge in [0.1, 0.15) is 11.5 Å². The Morgan fingerprint density at radius 3 is 2.95 bits per heavy atom. The Kier molecular flexibility index (Phi) is 4.63. The summed E-state index contributed by atoms with van der Waals surface area (Å²) in [6.07, 6.45) is 1.25. The van der Waals surface area contributed by atoms with Crippen LogP contribution in [0.1, 0.15) is 28.7 Å². The molecule has 0 aliphatic rings. The number of ether oxygens (including phenoxy) is 1. The lowest BCUT2D eigenvalue weighted by Crippen LogP contribution is -2.24. The number of rotatable bonds is 5. The maximum Gasteiger partial charge on any atom is 0.273 e. The summed E-state index contributed by atoms with van der Waals surface area (Å²) in [5.41, 5.74) is 1.14. The maximum atomic E-state index is 11.9. The Morgan fingerprint density at radius 1 is 1.50 bits per heavy atom. The summed E-state index contributed by atoms with van der Waals surface area (Å²) < 4.78 is 10.5. The summed E-state index contributed by atoms with van der Waals surface area (Å²) in [5, 5.41) is 3.37. The van der Waals surface area contributed by atoms with Crippen LogP contribution in [0.2, 0.25) is 5.02 Å². The van der Waals surface area contributed by atoms with Crippen LogP contribution in [-0.2, 0) is 6.54 Å². The topological polar surface area (TPSA) is 64.4 Å². The first-order valence-electron chi connectivity index (χ1n) is 6.21. The Morgan fingerprint density at radius 2 is 2.30 bits per heavy atom. The normalized spacial score (nSPS) is 10.3. The molecule has 106 valence electrons. The quantitative estimate of drug-likeness (QED) is 0.921. The third-order valence-electron chi connectivity index (χ3n) is 2.73. The smallest absolute Gasteiger partial charge is 0.273 e. The minimum Gasteiger partial charge on any atom is -0.493 e. The minimum atomic E-state index is -0.284. The van der Waals surface area contributed by atoms with Crippen molar-refractivity contribution >= 4 is 17.5 Å². The van der Waals surface area contributed by atoms with Crippen molar-refractivity contribution in [3.8, 4) is 5.75 Å². The van der Waals surface area contributed by atoms with E-state index >= 15 is 0 Å². The van der Waals surface area contributed by atoms with Crippen LogP contribution in [0.25, 0.3) is 0 Å². The molecule has 0 aliphatic heterocycles. The maximum absolute atomic E-state index is 11.9. The van der Waals surface area contributed by atoms with Crippen molar-refractivity contribution in [3.05, 3.63) is 46.6 Å². The molecule has 0 atom stereocenters. The van der Waals surface area contributed by atoms with Crippen LogP contribution in [0.3, 0.4) is 0 Å². The number of oxazole rings is 1. The third-order valence-corrected chi connectivity index (χ3v) is 2.96. The number of amides is 1. The molecule has 0 aliphatic carbocycles. The lowest BCUT2D eigenvalue weighted by molar-refractivity contribution is 0.0945. The molecular weight excluding hydrogens is 280 g/mol. The second kappa shape index (κ2) is 6.43. The molecule has 1 amide bonds. The molecule has 0 fully saturated rings. The predicted molar refractivity (Wildman–Crippen MR) is 75.0 cm³/mol. The van der Waals surface area contributed by atoms with E-state index in [4.69, 9.17) is 20.8 Å². The van der Waals surface area contributed by atoms with Crippen LogP contribution in [0, 0.1) is 6.92 Å². The van der Waals surface area contributed by atoms with Crippen molar-refractivity contribution in [2.75, 3.05) is 6.61 Å². The van der Waals surface area contributed by atoms with Crippen LogP contribution in [0.5, 0.6) is 5.75 Å². The lowest BCUT2D eigenvalue weighted by atomic mass is 10.2. The molecule has 5 nitrogen and oxygen atoms in total. The number of halogens is 1. The van der Waals surface area contributed by atoms with E-state index in [0.29, 0.717) is 29.7 Å². The van der Waals surface area contributed by atoms with Crippen LogP contribution in [0.4, 0.5) is 0 Å². The van der Waals surface area contributed by atoms with Crippen LogP contribution in [0.15, 0.2) is 29.0 Å². The fourth-order valence-electron chi connectivity index (χ4n) is 1.75. The molecule has 1 aromatic carbocycles.